The van der Waals surface area contributed by atoms with Crippen molar-refractivity contribution < 1.29 is 24.5 Å². The number of pyridine rings is 2. The molecule has 0 spiro atoms. The van der Waals surface area contributed by atoms with Crippen LogP contribution in [0.15, 0.2) is 120 Å². The largest absolute Gasteiger partial charge is 0.305 e. The maximum Gasteiger partial charge on any atom is 0.0795 e. The number of benzene rings is 4. The summed E-state index contributed by atoms with van der Waals surface area (Å²) in [6.45, 7) is 11.4. The van der Waals surface area contributed by atoms with E-state index in [2.05, 4.69) is 146 Å². The van der Waals surface area contributed by atoms with Gasteiger partial charge in [0.25, 0.3) is 0 Å². The van der Waals surface area contributed by atoms with Gasteiger partial charge in [0.1, 0.15) is 0 Å². The zero-order valence-electron chi connectivity index (χ0n) is 29.7. The Balaban J connectivity index is 0.000000233. The molecule has 1 radical (unpaired) electrons. The second-order valence-corrected chi connectivity index (χ2v) is 30.4. The van der Waals surface area contributed by atoms with Crippen LogP contribution in [0.2, 0.25) is 36.9 Å². The van der Waals surface area contributed by atoms with Crippen LogP contribution in [0.5, 0.6) is 0 Å². The van der Waals surface area contributed by atoms with Crippen LogP contribution >= 0.6 is 0 Å². The van der Waals surface area contributed by atoms with Crippen LogP contribution < -0.4 is 9.58 Å². The quantitative estimate of drug-likeness (QED) is 0.123. The SMILES string of the molecule is CC(C)c1ccnc(-c2[c-]ccc3c2oc2c(-c4ccccc4)[c]([Ge]([CH3])([CH3])[CH3])ccc23)c1.C[Si](C)(C)c1ccc(-c2[c-]cccc2)nc1.[Ir]. The molecule has 3 nitrogen and oxygen atoms in total. The van der Waals surface area contributed by atoms with Crippen LogP contribution in [0, 0.1) is 12.1 Å². The summed E-state index contributed by atoms with van der Waals surface area (Å²) in [5.41, 5.74) is 9.49. The van der Waals surface area contributed by atoms with E-state index in [4.69, 9.17) is 4.42 Å². The van der Waals surface area contributed by atoms with Crippen molar-refractivity contribution in [2.45, 2.75) is 56.7 Å². The van der Waals surface area contributed by atoms with E-state index in [1.54, 1.807) is 0 Å². The molecule has 0 aliphatic rings. The molecule has 6 heteroatoms. The number of hydrogen-bond acceptors (Lipinski definition) is 3. The molecular formula is C43H44GeIrN2OSi-2. The summed E-state index contributed by atoms with van der Waals surface area (Å²) in [6, 6.07) is 42.5. The summed E-state index contributed by atoms with van der Waals surface area (Å²) >= 11 is -2.16. The van der Waals surface area contributed by atoms with Crippen molar-refractivity contribution in [3.8, 4) is 33.6 Å². The molecule has 3 heterocycles. The number of furan rings is 1. The first-order valence-corrected chi connectivity index (χ1v) is 27.6. The van der Waals surface area contributed by atoms with E-state index in [0.717, 1.165) is 44.5 Å². The number of rotatable bonds is 6. The Morgan fingerprint density at radius 3 is 2.08 bits per heavy atom. The van der Waals surface area contributed by atoms with Crippen molar-refractivity contribution in [2.24, 2.45) is 0 Å². The van der Waals surface area contributed by atoms with Crippen LogP contribution in [0.25, 0.3) is 55.6 Å². The third kappa shape index (κ3) is 8.07. The molecule has 0 atom stereocenters. The normalized spacial score (nSPS) is 11.7. The van der Waals surface area contributed by atoms with Crippen LogP contribution in [0.4, 0.5) is 0 Å². The molecule has 0 bridgehead atoms. The molecule has 7 rings (SSSR count). The number of nitrogens with zero attached hydrogens (tertiary/aromatic N) is 2. The molecule has 0 N–H and O–H groups in total. The molecule has 0 saturated heterocycles. The predicted octanol–water partition coefficient (Wildman–Crippen LogP) is 10.9. The molecule has 0 unspecified atom stereocenters. The van der Waals surface area contributed by atoms with Gasteiger partial charge in [-0.3, -0.25) is 0 Å². The van der Waals surface area contributed by atoms with Gasteiger partial charge in [0, 0.05) is 26.3 Å². The Labute approximate surface area is 309 Å². The van der Waals surface area contributed by atoms with Crippen molar-refractivity contribution in [1.82, 2.24) is 9.97 Å². The van der Waals surface area contributed by atoms with E-state index in [1.807, 2.05) is 42.7 Å². The van der Waals surface area contributed by atoms with Crippen LogP contribution in [0.1, 0.15) is 25.3 Å². The van der Waals surface area contributed by atoms with Gasteiger partial charge < -0.3 is 4.98 Å². The third-order valence-electron chi connectivity index (χ3n) is 8.79. The van der Waals surface area contributed by atoms with Crippen molar-refractivity contribution in [3.05, 3.63) is 133 Å². The Bertz CT molecular complexity index is 2170. The number of hydrogen-bond donors (Lipinski definition) is 0. The van der Waals surface area contributed by atoms with Gasteiger partial charge in [-0.05, 0) is 10.9 Å². The van der Waals surface area contributed by atoms with Crippen LogP contribution in [0.3, 0.4) is 0 Å². The first kappa shape index (κ1) is 36.7. The first-order chi connectivity index (χ1) is 22.9. The van der Waals surface area contributed by atoms with Gasteiger partial charge in [0.2, 0.25) is 0 Å². The van der Waals surface area contributed by atoms with Crippen LogP contribution in [-0.2, 0) is 20.1 Å². The topological polar surface area (TPSA) is 38.9 Å². The van der Waals surface area contributed by atoms with E-state index in [9.17, 15) is 0 Å². The summed E-state index contributed by atoms with van der Waals surface area (Å²) in [4.78, 5) is 9.19. The fourth-order valence-electron chi connectivity index (χ4n) is 6.00. The van der Waals surface area contributed by atoms with E-state index >= 15 is 0 Å². The van der Waals surface area contributed by atoms with Gasteiger partial charge in [0.05, 0.1) is 8.07 Å². The van der Waals surface area contributed by atoms with Gasteiger partial charge in [-0.2, -0.15) is 0 Å². The maximum absolute atomic E-state index is 6.72. The standard InChI is InChI=1S/C29H28GeNO.C14H16NSi.Ir/c1-19(2)21-16-17-31-26(18-21)24-13-9-12-22-23-14-15-25(30(3,4)5)27(29(23)32-28(22)24)20-10-7-6-8-11-20;1-16(2,3)13-9-10-14(15-11-13)12-7-5-4-6-8-12;/h6-12,14-19H,1-5H3;4-7,9-11H,1-3H3;/q2*-1;. The Kier molecular flexibility index (Phi) is 11.3. The summed E-state index contributed by atoms with van der Waals surface area (Å²) in [5.74, 6) is 7.77. The number of fused-ring (bicyclic) bond motifs is 3. The zero-order chi connectivity index (χ0) is 34.1. The molecule has 0 aliphatic heterocycles. The molecule has 0 fully saturated rings. The molecule has 4 aromatic carbocycles. The molecule has 251 valence electrons. The average molecular weight is 898 g/mol. The fraction of sp³-hybridized carbons (Fsp3) is 0.209. The molecule has 0 amide bonds. The molecule has 7 aromatic rings. The molecular weight excluding hydrogens is 853 g/mol. The summed E-state index contributed by atoms with van der Waals surface area (Å²) in [6.07, 6.45) is 3.91. The van der Waals surface area contributed by atoms with Crippen molar-refractivity contribution in [1.29, 1.82) is 0 Å². The summed E-state index contributed by atoms with van der Waals surface area (Å²) < 4.78 is 8.18. The minimum Gasteiger partial charge on any atom is -0.305 e. The minimum absolute atomic E-state index is 0. The average Bonchev–Trinajstić information content (AvgIpc) is 3.47. The van der Waals surface area contributed by atoms with Gasteiger partial charge in [0.15, 0.2) is 0 Å². The summed E-state index contributed by atoms with van der Waals surface area (Å²) in [5, 5.41) is 3.67. The van der Waals surface area contributed by atoms with Crippen molar-refractivity contribution in [2.75, 3.05) is 0 Å². The van der Waals surface area contributed by atoms with Gasteiger partial charge in [-0.15, -0.1) is 35.9 Å². The van der Waals surface area contributed by atoms with Gasteiger partial charge in [-0.25, -0.2) is 0 Å². The second kappa shape index (κ2) is 15.1. The zero-order valence-corrected chi connectivity index (χ0v) is 35.2. The van der Waals surface area contributed by atoms with Gasteiger partial charge in [-0.1, -0.05) is 31.8 Å². The molecule has 0 saturated carbocycles. The van der Waals surface area contributed by atoms with E-state index < -0.39 is 21.3 Å². The van der Waals surface area contributed by atoms with Crippen molar-refractivity contribution >= 4 is 52.9 Å². The third-order valence-corrected chi connectivity index (χ3v) is 15.1. The molecule has 0 aliphatic carbocycles. The van der Waals surface area contributed by atoms with Crippen molar-refractivity contribution in [3.63, 3.8) is 0 Å². The fourth-order valence-corrected chi connectivity index (χ4v) is 10.4. The van der Waals surface area contributed by atoms with Gasteiger partial charge >= 0.3 is 193 Å². The van der Waals surface area contributed by atoms with E-state index in [1.165, 1.54) is 26.3 Å². The predicted molar refractivity (Wildman–Crippen MR) is 210 cm³/mol. The maximum atomic E-state index is 6.72. The Morgan fingerprint density at radius 2 is 1.45 bits per heavy atom. The van der Waals surface area contributed by atoms with E-state index in [0.29, 0.717) is 5.92 Å². The smallest absolute Gasteiger partial charge is 0.0795 e. The number of aromatic nitrogens is 2. The first-order valence-electron chi connectivity index (χ1n) is 16.8. The minimum atomic E-state index is -2.16. The van der Waals surface area contributed by atoms with E-state index in [-0.39, 0.29) is 20.1 Å². The monoisotopic (exact) mass is 899 g/mol. The Morgan fingerprint density at radius 1 is 0.714 bits per heavy atom. The molecule has 3 aromatic heterocycles. The second-order valence-electron chi connectivity index (χ2n) is 14.8. The van der Waals surface area contributed by atoms with Crippen LogP contribution in [-0.4, -0.2) is 31.3 Å². The molecule has 49 heavy (non-hydrogen) atoms. The Hall–Kier alpha value is -3.61. The summed E-state index contributed by atoms with van der Waals surface area (Å²) in [7, 11) is -1.23.